The van der Waals surface area contributed by atoms with Gasteiger partial charge in [-0.3, -0.25) is 14.5 Å². The molecule has 0 radical (unpaired) electrons. The summed E-state index contributed by atoms with van der Waals surface area (Å²) in [5.41, 5.74) is 7.13. The Morgan fingerprint density at radius 2 is 1.52 bits per heavy atom. The highest BCUT2D eigenvalue weighted by molar-refractivity contribution is 5.99. The molecule has 152 valence electrons. The normalized spacial score (nSPS) is 22.6. The zero-order valence-electron chi connectivity index (χ0n) is 16.8. The maximum absolute atomic E-state index is 13.1. The molecule has 6 nitrogen and oxygen atoms in total. The van der Waals surface area contributed by atoms with Crippen molar-refractivity contribution in [2.45, 2.75) is 24.9 Å². The van der Waals surface area contributed by atoms with E-state index in [4.69, 9.17) is 5.73 Å². The van der Waals surface area contributed by atoms with Gasteiger partial charge in [0.2, 0.25) is 11.8 Å². The molecule has 2 aromatic rings. The van der Waals surface area contributed by atoms with Crippen molar-refractivity contribution in [2.75, 3.05) is 37.6 Å². The van der Waals surface area contributed by atoms with E-state index >= 15 is 0 Å². The predicted octanol–water partition coefficient (Wildman–Crippen LogP) is 1.81. The first-order valence-corrected chi connectivity index (χ1v) is 10.2. The second kappa shape index (κ2) is 7.97. The van der Waals surface area contributed by atoms with Gasteiger partial charge in [-0.05, 0) is 31.0 Å². The number of anilines is 1. The van der Waals surface area contributed by atoms with Crippen molar-refractivity contribution in [1.82, 2.24) is 9.80 Å². The van der Waals surface area contributed by atoms with Crippen LogP contribution in [0.1, 0.15) is 18.9 Å². The van der Waals surface area contributed by atoms with E-state index < -0.39 is 5.54 Å². The number of piperazine rings is 1. The molecule has 6 heteroatoms. The summed E-state index contributed by atoms with van der Waals surface area (Å²) in [5, 5.41) is 0. The average Bonchev–Trinajstić information content (AvgIpc) is 3.16. The smallest absolute Gasteiger partial charge is 0.247 e. The van der Waals surface area contributed by atoms with Gasteiger partial charge >= 0.3 is 0 Å². The monoisotopic (exact) mass is 392 g/mol. The van der Waals surface area contributed by atoms with Crippen molar-refractivity contribution in [3.8, 4) is 0 Å². The molecule has 0 bridgehead atoms. The highest BCUT2D eigenvalue weighted by atomic mass is 16.2. The number of benzene rings is 2. The van der Waals surface area contributed by atoms with E-state index in [2.05, 4.69) is 4.90 Å². The van der Waals surface area contributed by atoms with E-state index in [1.54, 1.807) is 6.92 Å². The summed E-state index contributed by atoms with van der Waals surface area (Å²) in [4.78, 5) is 31.9. The molecule has 2 aliphatic rings. The van der Waals surface area contributed by atoms with Crippen LogP contribution in [0.3, 0.4) is 0 Å². The SMILES string of the molecule is CC(N)(C(=O)N1CCN(C2CCN(c3ccccc3)C2=O)CC1)c1ccccc1. The fraction of sp³-hybridized carbons (Fsp3) is 0.391. The van der Waals surface area contributed by atoms with Crippen LogP contribution in [0.2, 0.25) is 0 Å². The van der Waals surface area contributed by atoms with Crippen molar-refractivity contribution in [3.63, 3.8) is 0 Å². The summed E-state index contributed by atoms with van der Waals surface area (Å²) in [5.74, 6) is 0.0935. The van der Waals surface area contributed by atoms with Gasteiger partial charge in [-0.15, -0.1) is 0 Å². The largest absolute Gasteiger partial charge is 0.338 e. The minimum Gasteiger partial charge on any atom is -0.338 e. The number of nitrogens with zero attached hydrogens (tertiary/aromatic N) is 3. The van der Waals surface area contributed by atoms with Gasteiger partial charge in [-0.2, -0.15) is 0 Å². The van der Waals surface area contributed by atoms with Crippen LogP contribution in [0.4, 0.5) is 5.69 Å². The zero-order valence-corrected chi connectivity index (χ0v) is 16.8. The van der Waals surface area contributed by atoms with Crippen LogP contribution in [0, 0.1) is 0 Å². The van der Waals surface area contributed by atoms with E-state index in [0.717, 1.165) is 24.2 Å². The average molecular weight is 393 g/mol. The molecule has 2 saturated heterocycles. The summed E-state index contributed by atoms with van der Waals surface area (Å²) in [6.07, 6.45) is 0.820. The van der Waals surface area contributed by atoms with E-state index in [9.17, 15) is 9.59 Å². The van der Waals surface area contributed by atoms with Crippen LogP contribution in [0.5, 0.6) is 0 Å². The van der Waals surface area contributed by atoms with E-state index in [1.807, 2.05) is 70.5 Å². The summed E-state index contributed by atoms with van der Waals surface area (Å²) < 4.78 is 0. The van der Waals surface area contributed by atoms with Gasteiger partial charge in [-0.25, -0.2) is 0 Å². The van der Waals surface area contributed by atoms with Crippen LogP contribution in [0.15, 0.2) is 60.7 Å². The fourth-order valence-electron chi connectivity index (χ4n) is 4.34. The van der Waals surface area contributed by atoms with Gasteiger partial charge in [0.15, 0.2) is 0 Å². The van der Waals surface area contributed by atoms with Gasteiger partial charge in [-0.1, -0.05) is 48.5 Å². The van der Waals surface area contributed by atoms with Gasteiger partial charge in [0.1, 0.15) is 5.54 Å². The minimum atomic E-state index is -1.04. The van der Waals surface area contributed by atoms with Crippen molar-refractivity contribution in [2.24, 2.45) is 5.73 Å². The Hall–Kier alpha value is -2.70. The first-order valence-electron chi connectivity index (χ1n) is 10.2. The third kappa shape index (κ3) is 3.78. The zero-order chi connectivity index (χ0) is 20.4. The molecule has 4 rings (SSSR count). The Morgan fingerprint density at radius 3 is 2.14 bits per heavy atom. The van der Waals surface area contributed by atoms with Gasteiger partial charge < -0.3 is 15.5 Å². The molecule has 2 fully saturated rings. The second-order valence-corrected chi connectivity index (χ2v) is 8.03. The number of carbonyl (C=O) groups is 2. The highest BCUT2D eigenvalue weighted by Crippen LogP contribution is 2.26. The quantitative estimate of drug-likeness (QED) is 0.862. The highest BCUT2D eigenvalue weighted by Gasteiger charge is 2.40. The van der Waals surface area contributed by atoms with E-state index in [0.29, 0.717) is 26.2 Å². The van der Waals surface area contributed by atoms with Gasteiger partial charge in [0.25, 0.3) is 0 Å². The van der Waals surface area contributed by atoms with Crippen LogP contribution >= 0.6 is 0 Å². The minimum absolute atomic E-state index is 0.0630. The summed E-state index contributed by atoms with van der Waals surface area (Å²) in [7, 11) is 0. The van der Waals surface area contributed by atoms with Crippen LogP contribution in [-0.4, -0.2) is 60.4 Å². The number of rotatable bonds is 4. The molecule has 0 spiro atoms. The molecule has 2 unspecified atom stereocenters. The molecule has 2 atom stereocenters. The molecular weight excluding hydrogens is 364 g/mol. The molecule has 2 N–H and O–H groups in total. The standard InChI is InChI=1S/C23H28N4O2/c1-23(24,18-8-4-2-5-9-18)22(29)26-16-14-25(15-17-26)20-12-13-27(21(20)28)19-10-6-3-7-11-19/h2-11,20H,12-17,24H2,1H3. The Morgan fingerprint density at radius 1 is 0.931 bits per heavy atom. The summed E-state index contributed by atoms with van der Waals surface area (Å²) >= 11 is 0. The predicted molar refractivity (Wildman–Crippen MR) is 113 cm³/mol. The van der Waals surface area contributed by atoms with Gasteiger partial charge in [0.05, 0.1) is 6.04 Å². The molecule has 2 amide bonds. The lowest BCUT2D eigenvalue weighted by Crippen LogP contribution is -2.58. The van der Waals surface area contributed by atoms with Crippen LogP contribution in [-0.2, 0) is 15.1 Å². The number of hydrogen-bond acceptors (Lipinski definition) is 4. The Balaban J connectivity index is 1.37. The van der Waals surface area contributed by atoms with Crippen molar-refractivity contribution < 1.29 is 9.59 Å². The number of nitrogens with two attached hydrogens (primary N) is 1. The van der Waals surface area contributed by atoms with Crippen molar-refractivity contribution in [1.29, 1.82) is 0 Å². The molecule has 0 saturated carbocycles. The molecule has 0 aliphatic carbocycles. The first kappa shape index (κ1) is 19.6. The van der Waals surface area contributed by atoms with E-state index in [-0.39, 0.29) is 17.9 Å². The molecular formula is C23H28N4O2. The summed E-state index contributed by atoms with van der Waals surface area (Å²) in [6, 6.07) is 19.2. The fourth-order valence-corrected chi connectivity index (χ4v) is 4.34. The Bertz CT molecular complexity index is 861. The number of para-hydroxylation sites is 1. The lowest BCUT2D eigenvalue weighted by atomic mass is 9.91. The third-order valence-corrected chi connectivity index (χ3v) is 6.11. The third-order valence-electron chi connectivity index (χ3n) is 6.11. The topological polar surface area (TPSA) is 69.9 Å². The Labute approximate surface area is 171 Å². The van der Waals surface area contributed by atoms with Crippen molar-refractivity contribution in [3.05, 3.63) is 66.2 Å². The lowest BCUT2D eigenvalue weighted by Gasteiger charge is -2.40. The summed E-state index contributed by atoms with van der Waals surface area (Å²) in [6.45, 7) is 5.07. The van der Waals surface area contributed by atoms with Gasteiger partial charge in [0, 0.05) is 38.4 Å². The maximum Gasteiger partial charge on any atom is 0.247 e. The Kier molecular flexibility index (Phi) is 5.39. The van der Waals surface area contributed by atoms with Crippen molar-refractivity contribution >= 4 is 17.5 Å². The van der Waals surface area contributed by atoms with E-state index in [1.165, 1.54) is 0 Å². The number of carbonyl (C=O) groups excluding carboxylic acids is 2. The second-order valence-electron chi connectivity index (χ2n) is 8.03. The molecule has 2 aromatic carbocycles. The number of hydrogen-bond donors (Lipinski definition) is 1. The lowest BCUT2D eigenvalue weighted by molar-refractivity contribution is -0.139. The van der Waals surface area contributed by atoms with Crippen LogP contribution in [0.25, 0.3) is 0 Å². The van der Waals surface area contributed by atoms with Crippen LogP contribution < -0.4 is 10.6 Å². The molecule has 2 aliphatic heterocycles. The molecule has 29 heavy (non-hydrogen) atoms. The molecule has 0 aromatic heterocycles. The number of amides is 2. The molecule has 2 heterocycles. The maximum atomic E-state index is 13.1. The first-order chi connectivity index (χ1) is 14.0.